The number of amides is 1. The maximum absolute atomic E-state index is 13.1. The van der Waals surface area contributed by atoms with Crippen LogP contribution in [0.1, 0.15) is 17.3 Å². The summed E-state index contributed by atoms with van der Waals surface area (Å²) in [5, 5.41) is 10.5. The molecule has 0 radical (unpaired) electrons. The lowest BCUT2D eigenvalue weighted by Crippen LogP contribution is -2.38. The van der Waals surface area contributed by atoms with Crippen LogP contribution in [0.25, 0.3) is 0 Å². The molecule has 86 valence electrons. The van der Waals surface area contributed by atoms with Crippen molar-refractivity contribution in [2.24, 2.45) is 0 Å². The van der Waals surface area contributed by atoms with Gasteiger partial charge in [-0.25, -0.2) is 8.78 Å². The van der Waals surface area contributed by atoms with E-state index in [-0.39, 0.29) is 0 Å². The van der Waals surface area contributed by atoms with Gasteiger partial charge in [0.1, 0.15) is 17.7 Å². The van der Waals surface area contributed by atoms with Crippen molar-refractivity contribution in [3.05, 3.63) is 35.4 Å². The number of carboxylic acid groups (broad SMARTS) is 1. The predicted octanol–water partition coefficient (Wildman–Crippen LogP) is 1.17. The Morgan fingerprint density at radius 2 is 2.00 bits per heavy atom. The van der Waals surface area contributed by atoms with Gasteiger partial charge in [0.15, 0.2) is 0 Å². The number of halogens is 2. The Balaban J connectivity index is 2.88. The molecule has 0 saturated heterocycles. The molecule has 4 nitrogen and oxygen atoms in total. The zero-order valence-electron chi connectivity index (χ0n) is 8.33. The van der Waals surface area contributed by atoms with Crippen molar-refractivity contribution in [1.29, 1.82) is 0 Å². The van der Waals surface area contributed by atoms with Crippen LogP contribution in [0.15, 0.2) is 18.2 Å². The van der Waals surface area contributed by atoms with Crippen molar-refractivity contribution in [2.75, 3.05) is 0 Å². The molecular weight excluding hydrogens is 220 g/mol. The summed E-state index contributed by atoms with van der Waals surface area (Å²) in [4.78, 5) is 21.8. The number of aliphatic carboxylic acids is 1. The largest absolute Gasteiger partial charge is 0.480 e. The molecule has 1 aromatic carbocycles. The molecule has 2 N–H and O–H groups in total. The third kappa shape index (κ3) is 2.75. The molecule has 0 aliphatic carbocycles. The second-order valence-corrected chi connectivity index (χ2v) is 3.16. The average molecular weight is 229 g/mol. The van der Waals surface area contributed by atoms with Crippen molar-refractivity contribution >= 4 is 11.9 Å². The van der Waals surface area contributed by atoms with Gasteiger partial charge in [0.05, 0.1) is 5.56 Å². The van der Waals surface area contributed by atoms with E-state index in [0.717, 1.165) is 12.1 Å². The molecule has 0 spiro atoms. The quantitative estimate of drug-likeness (QED) is 0.817. The second-order valence-electron chi connectivity index (χ2n) is 3.16. The van der Waals surface area contributed by atoms with Crippen molar-refractivity contribution in [3.8, 4) is 0 Å². The molecule has 1 atom stereocenters. The summed E-state index contributed by atoms with van der Waals surface area (Å²) in [6, 6.07) is 1.21. The van der Waals surface area contributed by atoms with E-state index in [9.17, 15) is 18.4 Å². The van der Waals surface area contributed by atoms with Crippen LogP contribution >= 0.6 is 0 Å². The predicted molar refractivity (Wildman–Crippen MR) is 50.9 cm³/mol. The molecule has 0 aliphatic heterocycles. The molecule has 0 aromatic heterocycles. The summed E-state index contributed by atoms with van der Waals surface area (Å²) < 4.78 is 25.8. The fourth-order valence-electron chi connectivity index (χ4n) is 1.01. The van der Waals surface area contributed by atoms with Gasteiger partial charge >= 0.3 is 5.97 Å². The molecule has 1 amide bonds. The second kappa shape index (κ2) is 4.69. The van der Waals surface area contributed by atoms with Gasteiger partial charge < -0.3 is 10.4 Å². The topological polar surface area (TPSA) is 66.4 Å². The van der Waals surface area contributed by atoms with Gasteiger partial charge in [0, 0.05) is 0 Å². The van der Waals surface area contributed by atoms with Gasteiger partial charge in [0.25, 0.3) is 5.91 Å². The number of hydrogen-bond acceptors (Lipinski definition) is 2. The van der Waals surface area contributed by atoms with Gasteiger partial charge in [-0.3, -0.25) is 9.59 Å². The molecule has 1 aromatic rings. The van der Waals surface area contributed by atoms with Gasteiger partial charge in [-0.1, -0.05) is 0 Å². The molecule has 0 unspecified atom stereocenters. The highest BCUT2D eigenvalue weighted by atomic mass is 19.1. The fraction of sp³-hybridized carbons (Fsp3) is 0.200. The number of hydrogen-bond donors (Lipinski definition) is 2. The van der Waals surface area contributed by atoms with Gasteiger partial charge in [-0.05, 0) is 25.1 Å². The van der Waals surface area contributed by atoms with Crippen LogP contribution in [0.3, 0.4) is 0 Å². The highest BCUT2D eigenvalue weighted by molar-refractivity contribution is 5.96. The minimum Gasteiger partial charge on any atom is -0.480 e. The van der Waals surface area contributed by atoms with Crippen molar-refractivity contribution in [2.45, 2.75) is 13.0 Å². The van der Waals surface area contributed by atoms with Crippen LogP contribution in [-0.2, 0) is 4.79 Å². The molecule has 0 aliphatic rings. The van der Waals surface area contributed by atoms with E-state index in [2.05, 4.69) is 0 Å². The van der Waals surface area contributed by atoms with Crippen molar-refractivity contribution in [1.82, 2.24) is 5.32 Å². The highest BCUT2D eigenvalue weighted by Gasteiger charge is 2.18. The maximum atomic E-state index is 13.1. The van der Waals surface area contributed by atoms with E-state index in [0.29, 0.717) is 6.07 Å². The van der Waals surface area contributed by atoms with Crippen molar-refractivity contribution < 1.29 is 23.5 Å². The number of carbonyl (C=O) groups is 2. The summed E-state index contributed by atoms with van der Waals surface area (Å²) in [6.07, 6.45) is 0. The Kier molecular flexibility index (Phi) is 3.55. The molecule has 0 heterocycles. The molecule has 6 heteroatoms. The van der Waals surface area contributed by atoms with E-state index in [1.165, 1.54) is 6.92 Å². The summed E-state index contributed by atoms with van der Waals surface area (Å²) in [7, 11) is 0. The Morgan fingerprint density at radius 3 is 2.56 bits per heavy atom. The van der Waals surface area contributed by atoms with Crippen LogP contribution in [-0.4, -0.2) is 23.0 Å². The number of carbonyl (C=O) groups excluding carboxylic acids is 1. The zero-order valence-corrected chi connectivity index (χ0v) is 8.33. The number of rotatable bonds is 3. The Morgan fingerprint density at radius 1 is 1.38 bits per heavy atom. The number of nitrogens with one attached hydrogen (secondary N) is 1. The third-order valence-electron chi connectivity index (χ3n) is 1.89. The molecule has 16 heavy (non-hydrogen) atoms. The van der Waals surface area contributed by atoms with Crippen LogP contribution in [0.5, 0.6) is 0 Å². The highest BCUT2D eigenvalue weighted by Crippen LogP contribution is 2.09. The van der Waals surface area contributed by atoms with Crippen LogP contribution in [0, 0.1) is 11.6 Å². The normalized spacial score (nSPS) is 11.9. The summed E-state index contributed by atoms with van der Waals surface area (Å²) in [5.74, 6) is -3.90. The lowest BCUT2D eigenvalue weighted by Gasteiger charge is -2.09. The number of carboxylic acids is 1. The molecule has 0 saturated carbocycles. The minimum atomic E-state index is -1.26. The van der Waals surface area contributed by atoms with E-state index >= 15 is 0 Å². The third-order valence-corrected chi connectivity index (χ3v) is 1.89. The lowest BCUT2D eigenvalue weighted by atomic mass is 10.2. The number of benzene rings is 1. The Labute approximate surface area is 89.9 Å². The molecule has 0 bridgehead atoms. The smallest absolute Gasteiger partial charge is 0.325 e. The van der Waals surface area contributed by atoms with Gasteiger partial charge in [-0.2, -0.15) is 0 Å². The monoisotopic (exact) mass is 229 g/mol. The first-order valence-electron chi connectivity index (χ1n) is 4.40. The first-order valence-corrected chi connectivity index (χ1v) is 4.40. The lowest BCUT2D eigenvalue weighted by molar-refractivity contribution is -0.138. The van der Waals surface area contributed by atoms with Gasteiger partial charge in [0.2, 0.25) is 0 Å². The summed E-state index contributed by atoms with van der Waals surface area (Å²) >= 11 is 0. The zero-order chi connectivity index (χ0) is 12.3. The van der Waals surface area contributed by atoms with Crippen LogP contribution in [0.2, 0.25) is 0 Å². The fourth-order valence-corrected chi connectivity index (χ4v) is 1.01. The van der Waals surface area contributed by atoms with E-state index < -0.39 is 35.1 Å². The SMILES string of the molecule is C[C@H](NC(=O)c1cc(F)ccc1F)C(=O)O. The molecule has 1 rings (SSSR count). The average Bonchev–Trinajstić information content (AvgIpc) is 2.21. The van der Waals surface area contributed by atoms with E-state index in [1.807, 2.05) is 5.32 Å². The molecule has 0 fully saturated rings. The standard InChI is InChI=1S/C10H9F2NO3/c1-5(10(15)16)13-9(14)7-4-6(11)2-3-8(7)12/h2-5H,1H3,(H,13,14)(H,15,16)/t5-/m0/s1. The van der Waals surface area contributed by atoms with Crippen molar-refractivity contribution in [3.63, 3.8) is 0 Å². The van der Waals surface area contributed by atoms with Gasteiger partial charge in [-0.15, -0.1) is 0 Å². The van der Waals surface area contributed by atoms with E-state index in [1.54, 1.807) is 0 Å². The minimum absolute atomic E-state index is 0.520. The van der Waals surface area contributed by atoms with E-state index in [4.69, 9.17) is 5.11 Å². The summed E-state index contributed by atoms with van der Waals surface area (Å²) in [5.41, 5.74) is -0.520. The first kappa shape index (κ1) is 12.1. The van der Waals surface area contributed by atoms with Crippen LogP contribution < -0.4 is 5.32 Å². The maximum Gasteiger partial charge on any atom is 0.325 e. The Hall–Kier alpha value is -1.98. The first-order chi connectivity index (χ1) is 7.41. The Bertz CT molecular complexity index is 434. The summed E-state index contributed by atoms with van der Waals surface area (Å²) in [6.45, 7) is 1.22. The van der Waals surface area contributed by atoms with Crippen LogP contribution in [0.4, 0.5) is 8.78 Å². The molecular formula is C10H9F2NO3.